The Labute approximate surface area is 134 Å². The largest absolute Gasteiger partial charge is 0.352 e. The average Bonchev–Trinajstić information content (AvgIpc) is 2.42. The number of urea groups is 1. The molecule has 0 aliphatic rings. The number of halogens is 2. The lowest BCUT2D eigenvalue weighted by molar-refractivity contribution is -0.124. The normalized spacial score (nSPS) is 13.3. The predicted octanol–water partition coefficient (Wildman–Crippen LogP) is 2.69. The van der Waals surface area contributed by atoms with Crippen LogP contribution in [0.15, 0.2) is 18.2 Å². The minimum atomic E-state index is -0.722. The molecule has 1 aromatic carbocycles. The van der Waals surface area contributed by atoms with Crippen LogP contribution in [0.4, 0.5) is 4.79 Å². The highest BCUT2D eigenvalue weighted by atomic mass is 35.5. The van der Waals surface area contributed by atoms with Crippen LogP contribution in [0, 0.1) is 5.92 Å². The van der Waals surface area contributed by atoms with Crippen molar-refractivity contribution in [3.8, 4) is 0 Å². The van der Waals surface area contributed by atoms with E-state index in [1.807, 2.05) is 13.8 Å². The molecule has 0 aromatic heterocycles. The number of benzene rings is 1. The Morgan fingerprint density at radius 3 is 2.52 bits per heavy atom. The fourth-order valence-corrected chi connectivity index (χ4v) is 2.29. The first-order valence-corrected chi connectivity index (χ1v) is 7.38. The monoisotopic (exact) mass is 331 g/mol. The maximum Gasteiger partial charge on any atom is 0.312 e. The molecule has 0 heterocycles. The summed E-state index contributed by atoms with van der Waals surface area (Å²) in [7, 11) is 0. The Morgan fingerprint density at radius 2 is 2.00 bits per heavy atom. The highest BCUT2D eigenvalue weighted by molar-refractivity contribution is 6.35. The molecule has 5 nitrogen and oxygen atoms in total. The van der Waals surface area contributed by atoms with Gasteiger partial charge in [0.05, 0.1) is 0 Å². The van der Waals surface area contributed by atoms with Crippen LogP contribution in [0.5, 0.6) is 0 Å². The molecule has 1 rings (SSSR count). The lowest BCUT2D eigenvalue weighted by atomic mass is 9.98. The van der Waals surface area contributed by atoms with Crippen molar-refractivity contribution >= 4 is 35.1 Å². The second-order valence-corrected chi connectivity index (χ2v) is 5.67. The van der Waals surface area contributed by atoms with Gasteiger partial charge in [-0.25, -0.2) is 4.79 Å². The minimum absolute atomic E-state index is 0.0295. The van der Waals surface area contributed by atoms with Crippen molar-refractivity contribution in [3.63, 3.8) is 0 Å². The van der Waals surface area contributed by atoms with Gasteiger partial charge in [-0.3, -0.25) is 4.79 Å². The van der Waals surface area contributed by atoms with Gasteiger partial charge in [-0.15, -0.1) is 0 Å². The molecular formula is C14H19Cl2N3O2. The molecule has 21 heavy (non-hydrogen) atoms. The average molecular weight is 332 g/mol. The molecule has 0 spiro atoms. The van der Waals surface area contributed by atoms with Gasteiger partial charge in [-0.2, -0.15) is 0 Å². The van der Waals surface area contributed by atoms with Crippen molar-refractivity contribution in [2.24, 2.45) is 11.7 Å². The molecule has 7 heteroatoms. The molecule has 2 atom stereocenters. The zero-order chi connectivity index (χ0) is 16.0. The summed E-state index contributed by atoms with van der Waals surface area (Å²) in [6.45, 7) is 4.06. The van der Waals surface area contributed by atoms with Gasteiger partial charge in [0.2, 0.25) is 5.91 Å². The summed E-state index contributed by atoms with van der Waals surface area (Å²) in [5.41, 5.74) is 5.85. The van der Waals surface area contributed by atoms with Crippen LogP contribution in [-0.2, 0) is 11.3 Å². The van der Waals surface area contributed by atoms with Crippen molar-refractivity contribution in [3.05, 3.63) is 33.8 Å². The predicted molar refractivity (Wildman–Crippen MR) is 84.3 cm³/mol. The smallest absolute Gasteiger partial charge is 0.312 e. The van der Waals surface area contributed by atoms with Gasteiger partial charge in [-0.1, -0.05) is 49.5 Å². The van der Waals surface area contributed by atoms with Gasteiger partial charge in [-0.05, 0) is 23.6 Å². The Bertz CT molecular complexity index is 523. The highest BCUT2D eigenvalue weighted by Crippen LogP contribution is 2.20. The molecule has 116 valence electrons. The quantitative estimate of drug-likeness (QED) is 0.748. The molecule has 0 bridgehead atoms. The van der Waals surface area contributed by atoms with Crippen LogP contribution >= 0.6 is 23.2 Å². The first-order valence-electron chi connectivity index (χ1n) is 6.62. The fraction of sp³-hybridized carbons (Fsp3) is 0.429. The Morgan fingerprint density at radius 1 is 1.33 bits per heavy atom. The Balaban J connectivity index is 2.70. The topological polar surface area (TPSA) is 84.2 Å². The molecule has 4 N–H and O–H groups in total. The molecular weight excluding hydrogens is 313 g/mol. The van der Waals surface area contributed by atoms with Crippen molar-refractivity contribution in [2.75, 3.05) is 0 Å². The standard InChI is InChI=1S/C14H19Cl2N3O2/c1-3-8(2)12(19-14(17)21)13(20)18-7-9-4-5-10(15)6-11(9)16/h4-6,8,12H,3,7H2,1-2H3,(H,18,20)(H3,17,19,21)/t8-,12-/m1/s1. The zero-order valence-corrected chi connectivity index (χ0v) is 13.5. The fourth-order valence-electron chi connectivity index (χ4n) is 1.81. The van der Waals surface area contributed by atoms with Gasteiger partial charge >= 0.3 is 6.03 Å². The minimum Gasteiger partial charge on any atom is -0.352 e. The highest BCUT2D eigenvalue weighted by Gasteiger charge is 2.24. The summed E-state index contributed by atoms with van der Waals surface area (Å²) in [6, 6.07) is 3.66. The van der Waals surface area contributed by atoms with Crippen molar-refractivity contribution in [1.82, 2.24) is 10.6 Å². The van der Waals surface area contributed by atoms with Gasteiger partial charge < -0.3 is 16.4 Å². The Kier molecular flexibility index (Phi) is 6.78. The second kappa shape index (κ2) is 8.10. The number of rotatable bonds is 6. The number of hydrogen-bond donors (Lipinski definition) is 3. The van der Waals surface area contributed by atoms with Crippen molar-refractivity contribution in [1.29, 1.82) is 0 Å². The van der Waals surface area contributed by atoms with Crippen LogP contribution < -0.4 is 16.4 Å². The van der Waals surface area contributed by atoms with E-state index in [0.717, 1.165) is 12.0 Å². The third kappa shape index (κ3) is 5.44. The summed E-state index contributed by atoms with van der Waals surface area (Å²) in [5.74, 6) is -0.327. The summed E-state index contributed by atoms with van der Waals surface area (Å²) in [5, 5.41) is 6.21. The van der Waals surface area contributed by atoms with E-state index in [4.69, 9.17) is 28.9 Å². The van der Waals surface area contributed by atoms with E-state index in [-0.39, 0.29) is 18.4 Å². The van der Waals surface area contributed by atoms with Crippen LogP contribution in [0.3, 0.4) is 0 Å². The lowest BCUT2D eigenvalue weighted by Gasteiger charge is -2.22. The lowest BCUT2D eigenvalue weighted by Crippen LogP contribution is -2.51. The number of carbonyl (C=O) groups excluding carboxylic acids is 2. The van der Waals surface area contributed by atoms with E-state index in [9.17, 15) is 9.59 Å². The summed E-state index contributed by atoms with van der Waals surface area (Å²) < 4.78 is 0. The number of hydrogen-bond acceptors (Lipinski definition) is 2. The summed E-state index contributed by atoms with van der Waals surface area (Å²) in [4.78, 5) is 23.2. The third-order valence-electron chi connectivity index (χ3n) is 3.26. The van der Waals surface area contributed by atoms with E-state index < -0.39 is 12.1 Å². The van der Waals surface area contributed by atoms with Crippen molar-refractivity contribution < 1.29 is 9.59 Å². The van der Waals surface area contributed by atoms with Gasteiger partial charge in [0.15, 0.2) is 0 Å². The summed E-state index contributed by atoms with van der Waals surface area (Å²) >= 11 is 11.9. The number of primary amides is 1. The summed E-state index contributed by atoms with van der Waals surface area (Å²) in [6.07, 6.45) is 0.736. The van der Waals surface area contributed by atoms with Crippen LogP contribution in [0.2, 0.25) is 10.0 Å². The van der Waals surface area contributed by atoms with E-state index in [2.05, 4.69) is 10.6 Å². The van der Waals surface area contributed by atoms with Gasteiger partial charge in [0, 0.05) is 16.6 Å². The van der Waals surface area contributed by atoms with Crippen LogP contribution in [0.1, 0.15) is 25.8 Å². The van der Waals surface area contributed by atoms with E-state index >= 15 is 0 Å². The first kappa shape index (κ1) is 17.6. The zero-order valence-electron chi connectivity index (χ0n) is 12.0. The molecule has 0 saturated heterocycles. The van der Waals surface area contributed by atoms with Crippen LogP contribution in [0.25, 0.3) is 0 Å². The SMILES string of the molecule is CC[C@@H](C)[C@@H](NC(N)=O)C(=O)NCc1ccc(Cl)cc1Cl. The van der Waals surface area contributed by atoms with Crippen molar-refractivity contribution in [2.45, 2.75) is 32.9 Å². The van der Waals surface area contributed by atoms with Gasteiger partial charge in [0.1, 0.15) is 6.04 Å². The molecule has 0 saturated carbocycles. The van der Waals surface area contributed by atoms with Crippen LogP contribution in [-0.4, -0.2) is 18.0 Å². The van der Waals surface area contributed by atoms with E-state index in [1.54, 1.807) is 18.2 Å². The molecule has 0 fully saturated rings. The number of nitrogens with two attached hydrogens (primary N) is 1. The van der Waals surface area contributed by atoms with E-state index in [0.29, 0.717) is 10.0 Å². The molecule has 0 aliphatic heterocycles. The maximum absolute atomic E-state index is 12.2. The number of carbonyl (C=O) groups is 2. The molecule has 0 radical (unpaired) electrons. The number of amides is 3. The van der Waals surface area contributed by atoms with E-state index in [1.165, 1.54) is 0 Å². The molecule has 0 unspecified atom stereocenters. The first-order chi connectivity index (χ1) is 9.85. The Hall–Kier alpha value is -1.46. The maximum atomic E-state index is 12.2. The second-order valence-electron chi connectivity index (χ2n) is 4.83. The van der Waals surface area contributed by atoms with Gasteiger partial charge in [0.25, 0.3) is 0 Å². The molecule has 3 amide bonds. The molecule has 1 aromatic rings. The third-order valence-corrected chi connectivity index (χ3v) is 3.85. The molecule has 0 aliphatic carbocycles. The number of nitrogens with one attached hydrogen (secondary N) is 2.